The zero-order valence-electron chi connectivity index (χ0n) is 13.8. The summed E-state index contributed by atoms with van der Waals surface area (Å²) in [4.78, 5) is 0. The van der Waals surface area contributed by atoms with Gasteiger partial charge in [-0.3, -0.25) is 0 Å². The minimum absolute atomic E-state index is 0.437. The Morgan fingerprint density at radius 1 is 1.38 bits per heavy atom. The number of ether oxygens (including phenoxy) is 1. The van der Waals surface area contributed by atoms with Crippen LogP contribution >= 0.6 is 0 Å². The van der Waals surface area contributed by atoms with Crippen LogP contribution in [0.1, 0.15) is 58.6 Å². The second kappa shape index (κ2) is 7.90. The highest BCUT2D eigenvalue weighted by Crippen LogP contribution is 2.36. The molecule has 120 valence electrons. The lowest BCUT2D eigenvalue weighted by Crippen LogP contribution is -2.27. The first-order valence-electron chi connectivity index (χ1n) is 8.30. The average molecular weight is 294 g/mol. The van der Waals surface area contributed by atoms with Gasteiger partial charge >= 0.3 is 0 Å². The van der Waals surface area contributed by atoms with Gasteiger partial charge in [0.2, 0.25) is 0 Å². The molecule has 0 saturated heterocycles. The average Bonchev–Trinajstić information content (AvgIpc) is 2.89. The second-order valence-electron chi connectivity index (χ2n) is 6.88. The maximum atomic E-state index is 5.98. The van der Waals surface area contributed by atoms with Crippen molar-refractivity contribution in [3.63, 3.8) is 0 Å². The monoisotopic (exact) mass is 294 g/mol. The van der Waals surface area contributed by atoms with Gasteiger partial charge in [-0.2, -0.15) is 0 Å². The molecule has 1 saturated carbocycles. The predicted octanol–water partition coefficient (Wildman–Crippen LogP) is 2.76. The van der Waals surface area contributed by atoms with E-state index in [1.165, 1.54) is 25.7 Å². The van der Waals surface area contributed by atoms with Crippen LogP contribution in [0.4, 0.5) is 0 Å². The number of aromatic nitrogens is 3. The predicted molar refractivity (Wildman–Crippen MR) is 84.0 cm³/mol. The molecule has 1 aliphatic carbocycles. The van der Waals surface area contributed by atoms with Crippen molar-refractivity contribution in [2.24, 2.45) is 5.41 Å². The molecule has 0 bridgehead atoms. The summed E-state index contributed by atoms with van der Waals surface area (Å²) in [6, 6.07) is 0. The van der Waals surface area contributed by atoms with Crippen molar-refractivity contribution in [1.82, 2.24) is 20.3 Å². The van der Waals surface area contributed by atoms with Crippen molar-refractivity contribution in [3.8, 4) is 0 Å². The quantitative estimate of drug-likeness (QED) is 0.749. The highest BCUT2D eigenvalue weighted by molar-refractivity contribution is 4.91. The third-order valence-electron chi connectivity index (χ3n) is 4.28. The van der Waals surface area contributed by atoms with E-state index in [9.17, 15) is 0 Å². The van der Waals surface area contributed by atoms with E-state index in [0.717, 1.165) is 38.4 Å². The van der Waals surface area contributed by atoms with Gasteiger partial charge in [0.1, 0.15) is 0 Å². The molecule has 1 aromatic rings. The van der Waals surface area contributed by atoms with Gasteiger partial charge < -0.3 is 10.1 Å². The van der Waals surface area contributed by atoms with Gasteiger partial charge in [-0.15, -0.1) is 5.10 Å². The number of nitrogens with zero attached hydrogens (tertiary/aromatic N) is 3. The van der Waals surface area contributed by atoms with Crippen LogP contribution in [0.15, 0.2) is 6.20 Å². The van der Waals surface area contributed by atoms with E-state index in [1.54, 1.807) is 0 Å². The molecule has 1 fully saturated rings. The van der Waals surface area contributed by atoms with Gasteiger partial charge in [-0.25, -0.2) is 4.68 Å². The van der Waals surface area contributed by atoms with Crippen molar-refractivity contribution in [1.29, 1.82) is 0 Å². The van der Waals surface area contributed by atoms with Gasteiger partial charge in [0, 0.05) is 12.7 Å². The Morgan fingerprint density at radius 3 is 2.86 bits per heavy atom. The molecule has 1 N–H and O–H groups in total. The largest absolute Gasteiger partial charge is 0.376 e. The zero-order valence-corrected chi connectivity index (χ0v) is 13.8. The highest BCUT2D eigenvalue weighted by Gasteiger charge is 2.26. The van der Waals surface area contributed by atoms with E-state index in [1.807, 2.05) is 10.9 Å². The lowest BCUT2D eigenvalue weighted by atomic mass is 9.76. The van der Waals surface area contributed by atoms with Crippen molar-refractivity contribution in [3.05, 3.63) is 11.9 Å². The van der Waals surface area contributed by atoms with Crippen LogP contribution in [0.25, 0.3) is 0 Å². The van der Waals surface area contributed by atoms with E-state index < -0.39 is 0 Å². The number of hydrogen-bond acceptors (Lipinski definition) is 4. The minimum Gasteiger partial charge on any atom is -0.376 e. The lowest BCUT2D eigenvalue weighted by Gasteiger charge is -2.34. The van der Waals surface area contributed by atoms with Crippen LogP contribution in [-0.2, 0) is 17.8 Å². The van der Waals surface area contributed by atoms with Gasteiger partial charge in [0.05, 0.1) is 24.9 Å². The Bertz CT molecular complexity index is 406. The summed E-state index contributed by atoms with van der Waals surface area (Å²) in [6.45, 7) is 10.2. The summed E-state index contributed by atoms with van der Waals surface area (Å²) < 4.78 is 7.87. The van der Waals surface area contributed by atoms with Crippen molar-refractivity contribution < 1.29 is 4.74 Å². The Hall–Kier alpha value is -0.940. The van der Waals surface area contributed by atoms with Gasteiger partial charge in [0.25, 0.3) is 0 Å². The molecule has 5 nitrogen and oxygen atoms in total. The molecule has 5 heteroatoms. The molecule has 0 amide bonds. The molecule has 0 spiro atoms. The molecular formula is C16H30N4O. The fourth-order valence-electron chi connectivity index (χ4n) is 2.77. The standard InChI is InChI=1S/C16H30N4O/c1-4-9-17-12-14-13-20(19-18-14)10-11-21-15-5-7-16(2,3)8-6-15/h13,15,17H,4-12H2,1-3H3. The van der Waals surface area contributed by atoms with Crippen LogP contribution in [-0.4, -0.2) is 34.2 Å². The summed E-state index contributed by atoms with van der Waals surface area (Å²) >= 11 is 0. The summed E-state index contributed by atoms with van der Waals surface area (Å²) in [5.41, 5.74) is 1.51. The second-order valence-corrected chi connectivity index (χ2v) is 6.88. The number of nitrogens with one attached hydrogen (secondary N) is 1. The molecule has 0 aliphatic heterocycles. The lowest BCUT2D eigenvalue weighted by molar-refractivity contribution is -0.0000933. The Labute approximate surface area is 128 Å². The molecule has 21 heavy (non-hydrogen) atoms. The van der Waals surface area contributed by atoms with E-state index in [4.69, 9.17) is 4.74 Å². The minimum atomic E-state index is 0.437. The van der Waals surface area contributed by atoms with E-state index in [0.29, 0.717) is 11.5 Å². The topological polar surface area (TPSA) is 52.0 Å². The Balaban J connectivity index is 1.62. The number of rotatable bonds is 8. The van der Waals surface area contributed by atoms with E-state index >= 15 is 0 Å². The maximum absolute atomic E-state index is 5.98. The normalized spacial score (nSPS) is 19.0. The van der Waals surface area contributed by atoms with Crippen molar-refractivity contribution in [2.75, 3.05) is 13.2 Å². The number of hydrogen-bond donors (Lipinski definition) is 1. The molecule has 0 atom stereocenters. The molecule has 0 aromatic carbocycles. The molecular weight excluding hydrogens is 264 g/mol. The molecule has 1 heterocycles. The van der Waals surface area contributed by atoms with Crippen molar-refractivity contribution >= 4 is 0 Å². The van der Waals surface area contributed by atoms with Crippen LogP contribution in [0.3, 0.4) is 0 Å². The molecule has 0 radical (unpaired) electrons. The summed E-state index contributed by atoms with van der Waals surface area (Å²) in [5.74, 6) is 0. The van der Waals surface area contributed by atoms with Gasteiger partial charge in [0.15, 0.2) is 0 Å². The van der Waals surface area contributed by atoms with E-state index in [-0.39, 0.29) is 0 Å². The van der Waals surface area contributed by atoms with Crippen LogP contribution in [0, 0.1) is 5.41 Å². The van der Waals surface area contributed by atoms with Crippen LogP contribution in [0.5, 0.6) is 0 Å². The third-order valence-corrected chi connectivity index (χ3v) is 4.28. The molecule has 1 aromatic heterocycles. The first-order valence-corrected chi connectivity index (χ1v) is 8.30. The fourth-order valence-corrected chi connectivity index (χ4v) is 2.77. The molecule has 0 unspecified atom stereocenters. The molecule has 1 aliphatic rings. The first-order chi connectivity index (χ1) is 10.1. The fraction of sp³-hybridized carbons (Fsp3) is 0.875. The van der Waals surface area contributed by atoms with Gasteiger partial charge in [-0.05, 0) is 44.1 Å². The highest BCUT2D eigenvalue weighted by atomic mass is 16.5. The summed E-state index contributed by atoms with van der Waals surface area (Å²) in [5, 5.41) is 11.6. The smallest absolute Gasteiger partial charge is 0.0964 e. The van der Waals surface area contributed by atoms with Gasteiger partial charge in [-0.1, -0.05) is 26.0 Å². The molecule has 2 rings (SSSR count). The third kappa shape index (κ3) is 5.75. The Kier molecular flexibility index (Phi) is 6.18. The van der Waals surface area contributed by atoms with Crippen LogP contribution in [0.2, 0.25) is 0 Å². The zero-order chi connectivity index (χ0) is 15.1. The maximum Gasteiger partial charge on any atom is 0.0964 e. The van der Waals surface area contributed by atoms with Crippen molar-refractivity contribution in [2.45, 2.75) is 72.1 Å². The SMILES string of the molecule is CCCNCc1cn(CCOC2CCC(C)(C)CC2)nn1. The summed E-state index contributed by atoms with van der Waals surface area (Å²) in [6.07, 6.45) is 8.51. The summed E-state index contributed by atoms with van der Waals surface area (Å²) in [7, 11) is 0. The van der Waals surface area contributed by atoms with E-state index in [2.05, 4.69) is 36.4 Å². The first kappa shape index (κ1) is 16.4. The Morgan fingerprint density at radius 2 is 2.14 bits per heavy atom. The van der Waals surface area contributed by atoms with Crippen LogP contribution < -0.4 is 5.32 Å².